The molecule has 4 heterocycles. The zero-order valence-corrected chi connectivity index (χ0v) is 39.5. The van der Waals surface area contributed by atoms with E-state index < -0.39 is 66.8 Å². The second kappa shape index (κ2) is 20.9. The topological polar surface area (TPSA) is 160 Å². The number of ether oxygens (including phenoxy) is 9. The molecule has 1 aromatic heterocycles. The molecule has 1 aromatic carbocycles. The zero-order chi connectivity index (χ0) is 46.1. The third-order valence-electron chi connectivity index (χ3n) is 15.8. The summed E-state index contributed by atoms with van der Waals surface area (Å²) in [5, 5.41) is 12.5. The molecule has 16 heteroatoms. The molecule has 1 N–H and O–H groups in total. The van der Waals surface area contributed by atoms with Gasteiger partial charge in [-0.25, -0.2) is 9.07 Å². The van der Waals surface area contributed by atoms with Crippen LogP contribution < -0.4 is 10.1 Å². The van der Waals surface area contributed by atoms with Crippen LogP contribution in [0.4, 0.5) is 4.39 Å². The normalized spacial score (nSPS) is 41.3. The monoisotopic (exact) mass is 911 g/mol. The second-order valence-electron chi connectivity index (χ2n) is 19.2. The highest BCUT2D eigenvalue weighted by molar-refractivity contribution is 5.99. The Kier molecular flexibility index (Phi) is 15.5. The third-order valence-corrected chi connectivity index (χ3v) is 15.8. The van der Waals surface area contributed by atoms with E-state index in [2.05, 4.69) is 15.6 Å². The molecule has 0 bridgehead atoms. The molecular formula is C49H71FN4O11. The van der Waals surface area contributed by atoms with Gasteiger partial charge in [-0.3, -0.25) is 9.59 Å². The molecule has 2 saturated carbocycles. The van der Waals surface area contributed by atoms with E-state index in [1.54, 1.807) is 39.3 Å². The highest BCUT2D eigenvalue weighted by Crippen LogP contribution is 2.61. The number of ketones is 1. The van der Waals surface area contributed by atoms with E-state index in [9.17, 15) is 4.79 Å². The van der Waals surface area contributed by atoms with Crippen molar-refractivity contribution in [3.05, 3.63) is 42.1 Å². The molecule has 8 rings (SSSR count). The number of nitrogens with zero attached hydrogens (tertiary/aromatic N) is 3. The van der Waals surface area contributed by atoms with Gasteiger partial charge < -0.3 is 47.9 Å². The first kappa shape index (κ1) is 48.1. The van der Waals surface area contributed by atoms with Gasteiger partial charge in [0.2, 0.25) is 0 Å². The smallest absolute Gasteiger partial charge is 0.306 e. The highest BCUT2D eigenvalue weighted by atomic mass is 19.1. The largest absolute Gasteiger partial charge is 0.497 e. The Balaban J connectivity index is 1.14. The number of cyclic esters (lactones) is 1. The van der Waals surface area contributed by atoms with Gasteiger partial charge in [0.05, 0.1) is 50.2 Å². The summed E-state index contributed by atoms with van der Waals surface area (Å²) in [5.41, 5.74) is 1.89. The number of carbonyl (C=O) groups excluding carboxylic acids is 2. The number of rotatable bonds is 12. The Morgan fingerprint density at radius 1 is 0.877 bits per heavy atom. The van der Waals surface area contributed by atoms with Crippen molar-refractivity contribution >= 4 is 11.8 Å². The molecular weight excluding hydrogens is 840 g/mol. The minimum Gasteiger partial charge on any atom is -0.497 e. The van der Waals surface area contributed by atoms with Crippen molar-refractivity contribution in [1.82, 2.24) is 20.3 Å². The van der Waals surface area contributed by atoms with E-state index in [1.165, 1.54) is 0 Å². The summed E-state index contributed by atoms with van der Waals surface area (Å²) in [6.07, 6.45) is 3.26. The third kappa shape index (κ3) is 9.70. The molecule has 2 aromatic rings. The summed E-state index contributed by atoms with van der Waals surface area (Å²) in [4.78, 5) is 29.1. The lowest BCUT2D eigenvalue weighted by atomic mass is 9.63. The van der Waals surface area contributed by atoms with E-state index in [1.807, 2.05) is 65.1 Å². The lowest BCUT2D eigenvalue weighted by Gasteiger charge is -2.45. The maximum atomic E-state index is 18.3. The van der Waals surface area contributed by atoms with Gasteiger partial charge in [0.15, 0.2) is 18.4 Å². The number of likely N-dealkylation sites (N-methyl/N-ethyl adjacent to an activating group) is 1. The maximum Gasteiger partial charge on any atom is 0.306 e. The van der Waals surface area contributed by atoms with Crippen LogP contribution in [0.2, 0.25) is 0 Å². The van der Waals surface area contributed by atoms with Gasteiger partial charge in [0.1, 0.15) is 42.0 Å². The predicted octanol–water partition coefficient (Wildman–Crippen LogP) is 6.44. The summed E-state index contributed by atoms with van der Waals surface area (Å²) in [5.74, 6) is -2.59. The fourth-order valence-corrected chi connectivity index (χ4v) is 12.3. The van der Waals surface area contributed by atoms with Gasteiger partial charge in [-0.15, -0.1) is 5.10 Å². The van der Waals surface area contributed by atoms with Gasteiger partial charge in [-0.1, -0.05) is 25.1 Å². The van der Waals surface area contributed by atoms with E-state index in [-0.39, 0.29) is 66.5 Å². The average Bonchev–Trinajstić information content (AvgIpc) is 4.05. The fraction of sp³-hybridized carbons (Fsp3) is 0.755. The fourth-order valence-electron chi connectivity index (χ4n) is 12.3. The zero-order valence-electron chi connectivity index (χ0n) is 39.5. The Morgan fingerprint density at radius 2 is 1.62 bits per heavy atom. The van der Waals surface area contributed by atoms with Crippen molar-refractivity contribution in [1.29, 1.82) is 0 Å². The van der Waals surface area contributed by atoms with E-state index in [4.69, 9.17) is 42.6 Å². The average molecular weight is 911 g/mol. The Bertz CT molecular complexity index is 1950. The summed E-state index contributed by atoms with van der Waals surface area (Å²) < 4.78 is 75.4. The number of methoxy groups -OCH3 is 4. The summed E-state index contributed by atoms with van der Waals surface area (Å²) >= 11 is 0. The second-order valence-corrected chi connectivity index (χ2v) is 19.2. The van der Waals surface area contributed by atoms with Gasteiger partial charge >= 0.3 is 5.97 Å². The van der Waals surface area contributed by atoms with Gasteiger partial charge in [-0.05, 0) is 120 Å². The van der Waals surface area contributed by atoms with Crippen molar-refractivity contribution in [2.45, 2.75) is 165 Å². The predicted molar refractivity (Wildman–Crippen MR) is 236 cm³/mol. The molecule has 19 atom stereocenters. The Morgan fingerprint density at radius 3 is 2.29 bits per heavy atom. The number of benzene rings is 1. The minimum atomic E-state index is -1.50. The molecule has 0 radical (unpaired) electrons. The van der Waals surface area contributed by atoms with Crippen LogP contribution in [-0.2, 0) is 47.5 Å². The molecule has 15 nitrogen and oxygen atoms in total. The van der Waals surface area contributed by atoms with Gasteiger partial charge in [0.25, 0.3) is 0 Å². The van der Waals surface area contributed by atoms with Crippen LogP contribution in [0.25, 0.3) is 11.3 Å². The number of allylic oxidation sites excluding steroid dienone is 2. The van der Waals surface area contributed by atoms with Crippen LogP contribution in [0.5, 0.6) is 5.75 Å². The lowest BCUT2D eigenvalue weighted by molar-refractivity contribution is -0.314. The molecule has 3 aliphatic heterocycles. The quantitative estimate of drug-likeness (QED) is 0.232. The van der Waals surface area contributed by atoms with E-state index in [0.717, 1.165) is 12.0 Å². The highest BCUT2D eigenvalue weighted by Gasteiger charge is 2.61. The molecule has 3 saturated heterocycles. The van der Waals surface area contributed by atoms with Crippen LogP contribution in [0.3, 0.4) is 0 Å². The molecule has 0 spiro atoms. The number of esters is 1. The van der Waals surface area contributed by atoms with E-state index in [0.29, 0.717) is 62.0 Å². The van der Waals surface area contributed by atoms with Crippen LogP contribution in [0.1, 0.15) is 91.5 Å². The molecule has 6 aliphatic rings. The van der Waals surface area contributed by atoms with Crippen molar-refractivity contribution in [2.24, 2.45) is 35.5 Å². The number of nitrogens with one attached hydrogen (secondary N) is 1. The first-order valence-electron chi connectivity index (χ1n) is 23.9. The van der Waals surface area contributed by atoms with Crippen molar-refractivity contribution in [3.63, 3.8) is 0 Å². The number of hydrogen-bond acceptors (Lipinski definition) is 14. The molecule has 0 amide bonds. The first-order chi connectivity index (χ1) is 31.4. The summed E-state index contributed by atoms with van der Waals surface area (Å²) in [6, 6.07) is 6.95. The Labute approximate surface area is 383 Å². The van der Waals surface area contributed by atoms with E-state index >= 15 is 9.18 Å². The molecule has 4 unspecified atom stereocenters. The number of halogens is 1. The van der Waals surface area contributed by atoms with Crippen molar-refractivity contribution < 1.29 is 56.6 Å². The standard InChI is InChI=1S/C49H71FN4O11/c1-10-29-12-11-13-39(65-41-19-18-37(51-5)26(3)61-41)25(2)45(56)36-22-33-32-20-31(64-49-48(60-9)47(59-8)46(58-7)27(4)62-49)21-35(32)44(43(50)42(33)34(36)23-40(55)63-29)54-24-38(52-53-54)28-14-16-30(57-6)17-15-28/h14-17,22,24-27,29,31-35,37,39,41-44,46-49,51H,10-13,18-21,23H2,1-9H3/t25-,26?,27?,29+,31+,32+,33+,34-,35-,37+,39+,41+,42-,43+,44?,46+,47?,48+,49+/m1/s1. The van der Waals surface area contributed by atoms with Crippen LogP contribution in [0, 0.1) is 35.5 Å². The van der Waals surface area contributed by atoms with Crippen LogP contribution in [0.15, 0.2) is 42.1 Å². The number of carbonyl (C=O) groups is 2. The van der Waals surface area contributed by atoms with Gasteiger partial charge in [-0.2, -0.15) is 0 Å². The maximum absolute atomic E-state index is 18.3. The number of fused-ring (bicyclic) bond motifs is 5. The molecule has 360 valence electrons. The number of Topliss-reactive ketones (excluding diaryl/α,β-unsaturated/α-hetero) is 1. The van der Waals surface area contributed by atoms with Crippen LogP contribution in [-0.4, -0.2) is 136 Å². The number of aromatic nitrogens is 3. The lowest BCUT2D eigenvalue weighted by Crippen LogP contribution is -2.59. The molecule has 3 aliphatic carbocycles. The van der Waals surface area contributed by atoms with Crippen molar-refractivity contribution in [2.75, 3.05) is 35.5 Å². The number of hydrogen-bond donors (Lipinski definition) is 1. The summed E-state index contributed by atoms with van der Waals surface area (Å²) in [7, 11) is 8.39. The van der Waals surface area contributed by atoms with Crippen molar-refractivity contribution in [3.8, 4) is 17.0 Å². The Hall–Kier alpha value is -3.35. The summed E-state index contributed by atoms with van der Waals surface area (Å²) in [6.45, 7) is 7.89. The minimum absolute atomic E-state index is 0.0547. The molecule has 5 fully saturated rings. The SMILES string of the molecule is CC[C@H]1CCC[C@H](O[C@H]2CC[C@H](NC)C(C)O2)[C@@H](C)C(=O)C2=C[C@H]3[C@@H]4C[C@H](O[C@@H]5OC(C)[C@H](OC)C(OC)[C@@H]5OC)C[C@H]4C(n4cc(-c5ccc(OC)cc5)nn4)[C@@H](F)[C@H]3[C@@H]2CC(=O)O1. The molecule has 65 heavy (non-hydrogen) atoms. The first-order valence-corrected chi connectivity index (χ1v) is 23.9. The van der Waals surface area contributed by atoms with Gasteiger partial charge in [0, 0.05) is 50.7 Å². The number of alkyl halides is 1. The van der Waals surface area contributed by atoms with Crippen LogP contribution >= 0.6 is 0 Å².